The van der Waals surface area contributed by atoms with Gasteiger partial charge in [-0.3, -0.25) is 4.90 Å². The summed E-state index contributed by atoms with van der Waals surface area (Å²) in [5.74, 6) is 0. The Morgan fingerprint density at radius 2 is 1.53 bits per heavy atom. The van der Waals surface area contributed by atoms with E-state index in [2.05, 4.69) is 53.4 Å². The van der Waals surface area contributed by atoms with Gasteiger partial charge < -0.3 is 0 Å². The largest absolute Gasteiger partial charge is 0.291 e. The van der Waals surface area contributed by atoms with E-state index in [9.17, 15) is 0 Å². The van der Waals surface area contributed by atoms with E-state index < -0.39 is 0 Å². The van der Waals surface area contributed by atoms with Gasteiger partial charge >= 0.3 is 0 Å². The zero-order chi connectivity index (χ0) is 11.9. The van der Waals surface area contributed by atoms with Crippen LogP contribution in [0, 0.1) is 0 Å². The fourth-order valence-corrected chi connectivity index (χ4v) is 3.47. The Morgan fingerprint density at radius 1 is 0.842 bits per heavy atom. The molecule has 1 unspecified atom stereocenters. The molecule has 0 saturated carbocycles. The molecule has 0 bridgehead atoms. The monoisotopic (exact) mass is 341 g/mol. The van der Waals surface area contributed by atoms with Crippen molar-refractivity contribution in [2.24, 2.45) is 0 Å². The minimum atomic E-state index is 0. The van der Waals surface area contributed by atoms with Crippen molar-refractivity contribution in [3.8, 4) is 0 Å². The van der Waals surface area contributed by atoms with Crippen LogP contribution in [0.25, 0.3) is 0 Å². The molecule has 2 aliphatic rings. The molecule has 100 valence electrons. The maximum Gasteiger partial charge on any atom is 0.0394 e. The fraction of sp³-hybridized carbons (Fsp3) is 0.294. The zero-order valence-electron chi connectivity index (χ0n) is 10.8. The molecule has 0 saturated heterocycles. The molecule has 2 heterocycles. The Kier molecular flexibility index (Phi) is 3.58. The van der Waals surface area contributed by atoms with Crippen LogP contribution >= 0.6 is 0 Å². The predicted molar refractivity (Wildman–Crippen MR) is 73.4 cm³/mol. The van der Waals surface area contributed by atoms with Crippen LogP contribution in [0.1, 0.15) is 28.3 Å². The van der Waals surface area contributed by atoms with Crippen molar-refractivity contribution in [1.29, 1.82) is 0 Å². The van der Waals surface area contributed by atoms with Crippen LogP contribution in [0.15, 0.2) is 48.5 Å². The minimum Gasteiger partial charge on any atom is -0.291 e. The number of hydrogen-bond acceptors (Lipinski definition) is 1. The summed E-state index contributed by atoms with van der Waals surface area (Å²) in [6.07, 6.45) is 2.38. The fourth-order valence-electron chi connectivity index (χ4n) is 3.47. The van der Waals surface area contributed by atoms with E-state index in [4.69, 9.17) is 0 Å². The normalized spacial score (nSPS) is 20.7. The average molecular weight is 342 g/mol. The molecule has 1 nitrogen and oxygen atoms in total. The molecule has 0 radical (unpaired) electrons. The molecule has 0 fully saturated rings. The molecule has 2 heteroatoms. The van der Waals surface area contributed by atoms with Crippen LogP contribution in [-0.4, -0.2) is 11.4 Å². The van der Waals surface area contributed by atoms with E-state index in [0.717, 1.165) is 6.54 Å². The first-order chi connectivity index (χ1) is 8.92. The molecule has 2 aliphatic heterocycles. The molecule has 2 aromatic carbocycles. The number of hydrogen-bond donors (Lipinski definition) is 0. The SMILES string of the molecule is [Pd].c1ccc2c(c1)CC1c3ccccc3CCN1C2. The van der Waals surface area contributed by atoms with Crippen LogP contribution in [0.5, 0.6) is 0 Å². The number of rotatable bonds is 0. The summed E-state index contributed by atoms with van der Waals surface area (Å²) in [5.41, 5.74) is 6.17. The predicted octanol–water partition coefficient (Wildman–Crippen LogP) is 3.34. The van der Waals surface area contributed by atoms with Gasteiger partial charge in [0, 0.05) is 39.6 Å². The van der Waals surface area contributed by atoms with Crippen molar-refractivity contribution in [1.82, 2.24) is 4.90 Å². The number of nitrogens with zero attached hydrogens (tertiary/aromatic N) is 1. The quantitative estimate of drug-likeness (QED) is 0.664. The van der Waals surface area contributed by atoms with Crippen LogP contribution in [0.2, 0.25) is 0 Å². The maximum atomic E-state index is 2.64. The summed E-state index contributed by atoms with van der Waals surface area (Å²) in [6.45, 7) is 2.32. The summed E-state index contributed by atoms with van der Waals surface area (Å²) in [4.78, 5) is 2.64. The molecule has 0 amide bonds. The average Bonchev–Trinajstić information content (AvgIpc) is 2.45. The van der Waals surface area contributed by atoms with Crippen LogP contribution < -0.4 is 0 Å². The summed E-state index contributed by atoms with van der Waals surface area (Å²) in [6, 6.07) is 18.5. The molecule has 0 aromatic heterocycles. The number of benzene rings is 2. The van der Waals surface area contributed by atoms with Gasteiger partial charge in [-0.05, 0) is 35.1 Å². The molecule has 0 N–H and O–H groups in total. The first kappa shape index (κ1) is 13.1. The topological polar surface area (TPSA) is 3.24 Å². The third-order valence-corrected chi connectivity index (χ3v) is 4.43. The zero-order valence-corrected chi connectivity index (χ0v) is 12.3. The molecule has 2 aromatic rings. The van der Waals surface area contributed by atoms with Crippen molar-refractivity contribution in [3.63, 3.8) is 0 Å². The molecular formula is C17H17NPd. The standard InChI is InChI=1S/C17H17N.Pd/c1-2-7-15-12-18-10-9-13-5-3-4-8-16(13)17(18)11-14(15)6-1;/h1-8,17H,9-12H2;. The van der Waals surface area contributed by atoms with E-state index in [-0.39, 0.29) is 20.4 Å². The smallest absolute Gasteiger partial charge is 0.0394 e. The molecule has 1 atom stereocenters. The molecule has 4 rings (SSSR count). The van der Waals surface area contributed by atoms with Crippen molar-refractivity contribution >= 4 is 0 Å². The van der Waals surface area contributed by atoms with Crippen molar-refractivity contribution in [2.75, 3.05) is 6.54 Å². The minimum absolute atomic E-state index is 0. The second-order valence-electron chi connectivity index (χ2n) is 5.41. The first-order valence-corrected chi connectivity index (χ1v) is 6.80. The van der Waals surface area contributed by atoms with E-state index in [1.54, 1.807) is 11.1 Å². The van der Waals surface area contributed by atoms with Gasteiger partial charge in [0.15, 0.2) is 0 Å². The summed E-state index contributed by atoms with van der Waals surface area (Å²) < 4.78 is 0. The summed E-state index contributed by atoms with van der Waals surface area (Å²) >= 11 is 0. The van der Waals surface area contributed by atoms with E-state index in [1.165, 1.54) is 30.5 Å². The van der Waals surface area contributed by atoms with Crippen LogP contribution in [0.4, 0.5) is 0 Å². The third kappa shape index (κ3) is 2.19. The van der Waals surface area contributed by atoms with Gasteiger partial charge in [-0.15, -0.1) is 0 Å². The van der Waals surface area contributed by atoms with Gasteiger partial charge in [0.25, 0.3) is 0 Å². The Bertz CT molecular complexity index is 593. The number of fused-ring (bicyclic) bond motifs is 4. The molecule has 0 spiro atoms. The third-order valence-electron chi connectivity index (χ3n) is 4.43. The first-order valence-electron chi connectivity index (χ1n) is 6.80. The van der Waals surface area contributed by atoms with E-state index >= 15 is 0 Å². The van der Waals surface area contributed by atoms with E-state index in [0.29, 0.717) is 6.04 Å². The van der Waals surface area contributed by atoms with Gasteiger partial charge in [0.05, 0.1) is 0 Å². The van der Waals surface area contributed by atoms with Crippen LogP contribution in [0.3, 0.4) is 0 Å². The maximum absolute atomic E-state index is 2.64. The van der Waals surface area contributed by atoms with Gasteiger partial charge in [-0.25, -0.2) is 0 Å². The Hall–Kier alpha value is -0.938. The Morgan fingerprint density at radius 3 is 2.37 bits per heavy atom. The Labute approximate surface area is 128 Å². The molecule has 0 aliphatic carbocycles. The van der Waals surface area contributed by atoms with Gasteiger partial charge in [0.1, 0.15) is 0 Å². The van der Waals surface area contributed by atoms with Gasteiger partial charge in [-0.2, -0.15) is 0 Å². The van der Waals surface area contributed by atoms with E-state index in [1.807, 2.05) is 0 Å². The van der Waals surface area contributed by atoms with Crippen molar-refractivity contribution < 1.29 is 20.4 Å². The van der Waals surface area contributed by atoms with Crippen molar-refractivity contribution in [3.05, 3.63) is 70.8 Å². The summed E-state index contributed by atoms with van der Waals surface area (Å²) in [7, 11) is 0. The van der Waals surface area contributed by atoms with Crippen molar-refractivity contribution in [2.45, 2.75) is 25.4 Å². The van der Waals surface area contributed by atoms with Gasteiger partial charge in [0.2, 0.25) is 0 Å². The second kappa shape index (κ2) is 5.21. The molecular weight excluding hydrogens is 325 g/mol. The molecule has 19 heavy (non-hydrogen) atoms. The summed E-state index contributed by atoms with van der Waals surface area (Å²) in [5, 5.41) is 0. The van der Waals surface area contributed by atoms with Crippen LogP contribution in [-0.2, 0) is 39.8 Å². The Balaban J connectivity index is 0.00000110. The second-order valence-corrected chi connectivity index (χ2v) is 5.41. The van der Waals surface area contributed by atoms with Gasteiger partial charge in [-0.1, -0.05) is 48.5 Å².